The lowest BCUT2D eigenvalue weighted by atomic mass is 10.1. The highest BCUT2D eigenvalue weighted by atomic mass is 16.5. The molecule has 4 nitrogen and oxygen atoms in total. The average Bonchev–Trinajstić information content (AvgIpc) is 2.81. The maximum Gasteiger partial charge on any atom is 0.135 e. The van der Waals surface area contributed by atoms with Gasteiger partial charge in [0.1, 0.15) is 11.9 Å². The van der Waals surface area contributed by atoms with Gasteiger partial charge in [-0.15, -0.1) is 0 Å². The lowest BCUT2D eigenvalue weighted by Gasteiger charge is -2.24. The van der Waals surface area contributed by atoms with Gasteiger partial charge >= 0.3 is 0 Å². The molecule has 1 unspecified atom stereocenters. The predicted octanol–water partition coefficient (Wildman–Crippen LogP) is 2.84. The second kappa shape index (κ2) is 7.77. The molecule has 0 aromatic heterocycles. The Balaban J connectivity index is 1.64. The fourth-order valence-corrected chi connectivity index (χ4v) is 2.74. The molecule has 0 N–H and O–H groups in total. The summed E-state index contributed by atoms with van der Waals surface area (Å²) in [6, 6.07) is 19.8. The van der Waals surface area contributed by atoms with E-state index in [0.29, 0.717) is 18.8 Å². The van der Waals surface area contributed by atoms with Crippen molar-refractivity contribution in [3.8, 4) is 11.8 Å². The van der Waals surface area contributed by atoms with Gasteiger partial charge in [-0.3, -0.25) is 4.90 Å². The van der Waals surface area contributed by atoms with Crippen LogP contribution in [0.15, 0.2) is 54.6 Å². The van der Waals surface area contributed by atoms with E-state index in [1.54, 1.807) is 0 Å². The molecule has 0 radical (unpaired) electrons. The summed E-state index contributed by atoms with van der Waals surface area (Å²) in [5.41, 5.74) is 1.84. The number of nitrogens with zero attached hydrogens (tertiary/aromatic N) is 2. The number of benzene rings is 2. The molecular formula is C19H20N2O2. The van der Waals surface area contributed by atoms with Crippen molar-refractivity contribution in [2.24, 2.45) is 0 Å². The second-order valence-electron chi connectivity index (χ2n) is 5.68. The Morgan fingerprint density at radius 2 is 2.04 bits per heavy atom. The number of para-hydroxylation sites is 1. The molecule has 0 bridgehead atoms. The minimum absolute atomic E-state index is 0.0130. The summed E-state index contributed by atoms with van der Waals surface area (Å²) in [6.45, 7) is 3.78. The number of rotatable bonds is 4. The van der Waals surface area contributed by atoms with E-state index in [-0.39, 0.29) is 6.10 Å². The fraction of sp³-hybridized carbons (Fsp3) is 0.316. The summed E-state index contributed by atoms with van der Waals surface area (Å²) >= 11 is 0. The van der Waals surface area contributed by atoms with Crippen LogP contribution >= 0.6 is 0 Å². The molecule has 1 atom stereocenters. The highest BCUT2D eigenvalue weighted by Gasteiger charge is 2.20. The van der Waals surface area contributed by atoms with Crippen molar-refractivity contribution < 1.29 is 9.47 Å². The van der Waals surface area contributed by atoms with E-state index in [1.165, 1.54) is 0 Å². The van der Waals surface area contributed by atoms with Crippen molar-refractivity contribution >= 4 is 0 Å². The third-order valence-electron chi connectivity index (χ3n) is 3.83. The normalized spacial score (nSPS) is 18.8. The first kappa shape index (κ1) is 15.5. The van der Waals surface area contributed by atoms with Crippen molar-refractivity contribution in [3.63, 3.8) is 0 Å². The first-order valence-corrected chi connectivity index (χ1v) is 7.84. The summed E-state index contributed by atoms with van der Waals surface area (Å²) in [7, 11) is 0. The van der Waals surface area contributed by atoms with Crippen LogP contribution in [0.3, 0.4) is 0 Å². The molecular weight excluding hydrogens is 288 g/mol. The maximum absolute atomic E-state index is 9.02. The third kappa shape index (κ3) is 4.56. The van der Waals surface area contributed by atoms with Crippen LogP contribution in [0, 0.1) is 11.3 Å². The molecule has 1 heterocycles. The van der Waals surface area contributed by atoms with Crippen LogP contribution in [0.1, 0.15) is 11.1 Å². The Bertz CT molecular complexity index is 667. The lowest BCUT2D eigenvalue weighted by molar-refractivity contribution is 0.0710. The zero-order valence-electron chi connectivity index (χ0n) is 13.0. The zero-order valence-corrected chi connectivity index (χ0v) is 13.0. The van der Waals surface area contributed by atoms with Crippen LogP contribution in [0.2, 0.25) is 0 Å². The Kier molecular flexibility index (Phi) is 5.25. The van der Waals surface area contributed by atoms with Crippen molar-refractivity contribution in [3.05, 3.63) is 65.7 Å². The van der Waals surface area contributed by atoms with Crippen LogP contribution in [0.25, 0.3) is 0 Å². The average molecular weight is 308 g/mol. The zero-order chi connectivity index (χ0) is 15.9. The monoisotopic (exact) mass is 308 g/mol. The molecule has 2 aromatic carbocycles. The SMILES string of the molecule is N#Cc1cccc(CN2CCOCC(Oc3ccccc3)C2)c1. The molecule has 23 heavy (non-hydrogen) atoms. The van der Waals surface area contributed by atoms with Gasteiger partial charge < -0.3 is 9.47 Å². The van der Waals surface area contributed by atoms with Crippen molar-refractivity contribution in [2.75, 3.05) is 26.3 Å². The largest absolute Gasteiger partial charge is 0.487 e. The molecule has 118 valence electrons. The Morgan fingerprint density at radius 3 is 2.87 bits per heavy atom. The molecule has 1 aliphatic heterocycles. The molecule has 0 saturated carbocycles. The molecule has 1 fully saturated rings. The number of hydrogen-bond donors (Lipinski definition) is 0. The van der Waals surface area contributed by atoms with E-state index in [0.717, 1.165) is 30.9 Å². The quantitative estimate of drug-likeness (QED) is 0.871. The van der Waals surface area contributed by atoms with Gasteiger partial charge in [0.2, 0.25) is 0 Å². The highest BCUT2D eigenvalue weighted by molar-refractivity contribution is 5.32. The molecule has 4 heteroatoms. The lowest BCUT2D eigenvalue weighted by Crippen LogP contribution is -2.35. The molecule has 1 aliphatic rings. The highest BCUT2D eigenvalue weighted by Crippen LogP contribution is 2.15. The molecule has 1 saturated heterocycles. The molecule has 0 spiro atoms. The predicted molar refractivity (Wildman–Crippen MR) is 88.1 cm³/mol. The Morgan fingerprint density at radius 1 is 1.17 bits per heavy atom. The third-order valence-corrected chi connectivity index (χ3v) is 3.83. The minimum Gasteiger partial charge on any atom is -0.487 e. The van der Waals surface area contributed by atoms with Gasteiger partial charge in [0.15, 0.2) is 0 Å². The molecule has 0 amide bonds. The van der Waals surface area contributed by atoms with E-state index in [9.17, 15) is 0 Å². The van der Waals surface area contributed by atoms with Crippen LogP contribution in [-0.2, 0) is 11.3 Å². The maximum atomic E-state index is 9.02. The number of ether oxygens (including phenoxy) is 2. The van der Waals surface area contributed by atoms with Crippen LogP contribution in [-0.4, -0.2) is 37.3 Å². The molecule has 3 rings (SSSR count). The Labute approximate surface area is 136 Å². The van der Waals surface area contributed by atoms with Gasteiger partial charge in [-0.2, -0.15) is 5.26 Å². The van der Waals surface area contributed by atoms with Crippen molar-refractivity contribution in [2.45, 2.75) is 12.6 Å². The van der Waals surface area contributed by atoms with Crippen molar-refractivity contribution in [1.29, 1.82) is 5.26 Å². The van der Waals surface area contributed by atoms with Gasteiger partial charge in [0.25, 0.3) is 0 Å². The van der Waals surface area contributed by atoms with Crippen LogP contribution < -0.4 is 4.74 Å². The van der Waals surface area contributed by atoms with Gasteiger partial charge in [-0.25, -0.2) is 0 Å². The van der Waals surface area contributed by atoms with E-state index in [2.05, 4.69) is 17.0 Å². The van der Waals surface area contributed by atoms with E-state index >= 15 is 0 Å². The van der Waals surface area contributed by atoms with Gasteiger partial charge in [-0.1, -0.05) is 30.3 Å². The van der Waals surface area contributed by atoms with E-state index < -0.39 is 0 Å². The second-order valence-corrected chi connectivity index (χ2v) is 5.68. The Hall–Kier alpha value is -2.35. The van der Waals surface area contributed by atoms with Crippen molar-refractivity contribution in [1.82, 2.24) is 4.90 Å². The first-order valence-electron chi connectivity index (χ1n) is 7.84. The molecule has 0 aliphatic carbocycles. The van der Waals surface area contributed by atoms with Gasteiger partial charge in [0.05, 0.1) is 24.8 Å². The number of nitriles is 1. The summed E-state index contributed by atoms with van der Waals surface area (Å²) in [5, 5.41) is 9.02. The summed E-state index contributed by atoms with van der Waals surface area (Å²) < 4.78 is 11.7. The van der Waals surface area contributed by atoms with E-state index in [4.69, 9.17) is 14.7 Å². The standard InChI is InChI=1S/C19H20N2O2/c20-12-16-5-4-6-17(11-16)13-21-9-10-22-15-19(14-21)23-18-7-2-1-3-8-18/h1-8,11,19H,9-10,13-15H2. The number of hydrogen-bond acceptors (Lipinski definition) is 4. The first-order chi connectivity index (χ1) is 11.3. The minimum atomic E-state index is 0.0130. The van der Waals surface area contributed by atoms with Crippen LogP contribution in [0.4, 0.5) is 0 Å². The summed E-state index contributed by atoms with van der Waals surface area (Å²) in [4.78, 5) is 2.32. The summed E-state index contributed by atoms with van der Waals surface area (Å²) in [6.07, 6.45) is 0.0130. The topological polar surface area (TPSA) is 45.5 Å². The van der Waals surface area contributed by atoms with Gasteiger partial charge in [-0.05, 0) is 29.8 Å². The smallest absolute Gasteiger partial charge is 0.135 e. The van der Waals surface area contributed by atoms with Gasteiger partial charge in [0, 0.05) is 19.6 Å². The van der Waals surface area contributed by atoms with Crippen LogP contribution in [0.5, 0.6) is 5.75 Å². The van der Waals surface area contributed by atoms with E-state index in [1.807, 2.05) is 48.5 Å². The molecule has 2 aromatic rings. The summed E-state index contributed by atoms with van der Waals surface area (Å²) in [5.74, 6) is 0.870. The fourth-order valence-electron chi connectivity index (χ4n) is 2.74.